The van der Waals surface area contributed by atoms with Crippen LogP contribution in [0, 0.1) is 12.7 Å². The van der Waals surface area contributed by atoms with Crippen LogP contribution >= 0.6 is 24.0 Å². The summed E-state index contributed by atoms with van der Waals surface area (Å²) in [6.45, 7) is 3.11. The number of nitrogens with one attached hydrogen (secondary N) is 2. The largest absolute Gasteiger partial charge is 0.439 e. The highest BCUT2D eigenvalue weighted by atomic mass is 127. The van der Waals surface area contributed by atoms with Gasteiger partial charge in [0.1, 0.15) is 5.82 Å². The van der Waals surface area contributed by atoms with E-state index in [1.807, 2.05) is 37.3 Å². The number of hydrogen-bond acceptors (Lipinski definition) is 3. The molecule has 2 N–H and O–H groups in total. The van der Waals surface area contributed by atoms with E-state index in [1.165, 1.54) is 17.7 Å². The minimum absolute atomic E-state index is 0. The molecule has 0 unspecified atom stereocenters. The predicted molar refractivity (Wildman–Crippen MR) is 120 cm³/mol. The Morgan fingerprint density at radius 3 is 2.64 bits per heavy atom. The maximum atomic E-state index is 13.2. The van der Waals surface area contributed by atoms with Gasteiger partial charge in [0.15, 0.2) is 11.7 Å². The average molecular weight is 494 g/mol. The third kappa shape index (κ3) is 6.33. The van der Waals surface area contributed by atoms with Crippen molar-refractivity contribution in [1.29, 1.82) is 0 Å². The van der Waals surface area contributed by atoms with Crippen LogP contribution in [0.25, 0.3) is 11.3 Å². The summed E-state index contributed by atoms with van der Waals surface area (Å²) < 4.78 is 19.0. The van der Waals surface area contributed by atoms with Gasteiger partial charge < -0.3 is 15.1 Å². The highest BCUT2D eigenvalue weighted by Gasteiger charge is 2.07. The average Bonchev–Trinajstić information content (AvgIpc) is 3.14. The first-order chi connectivity index (χ1) is 13.1. The van der Waals surface area contributed by atoms with Crippen molar-refractivity contribution in [3.05, 3.63) is 77.6 Å². The summed E-state index contributed by atoms with van der Waals surface area (Å²) in [6.07, 6.45) is 2.43. The Labute approximate surface area is 181 Å². The van der Waals surface area contributed by atoms with Crippen LogP contribution < -0.4 is 10.6 Å². The summed E-state index contributed by atoms with van der Waals surface area (Å²) in [5.74, 6) is 1.74. The number of halogens is 2. The fraction of sp³-hybridized carbons (Fsp3) is 0.238. The fourth-order valence-electron chi connectivity index (χ4n) is 2.64. The van der Waals surface area contributed by atoms with Gasteiger partial charge in [-0.3, -0.25) is 4.99 Å². The van der Waals surface area contributed by atoms with Crippen LogP contribution in [-0.4, -0.2) is 24.5 Å². The van der Waals surface area contributed by atoms with Gasteiger partial charge in [0, 0.05) is 19.2 Å². The van der Waals surface area contributed by atoms with Gasteiger partial charge in [-0.2, -0.15) is 0 Å². The number of aliphatic imine (C=N–C) groups is 1. The third-order valence-electron chi connectivity index (χ3n) is 4.12. The van der Waals surface area contributed by atoms with Gasteiger partial charge in [-0.25, -0.2) is 9.37 Å². The fourth-order valence-corrected chi connectivity index (χ4v) is 2.64. The van der Waals surface area contributed by atoms with Crippen molar-refractivity contribution in [3.8, 4) is 11.3 Å². The first-order valence-corrected chi connectivity index (χ1v) is 8.85. The molecule has 3 aromatic rings. The van der Waals surface area contributed by atoms with E-state index in [0.29, 0.717) is 31.4 Å². The summed E-state index contributed by atoms with van der Waals surface area (Å²) in [5.41, 5.74) is 3.14. The van der Waals surface area contributed by atoms with Crippen LogP contribution in [0.1, 0.15) is 17.0 Å². The third-order valence-corrected chi connectivity index (χ3v) is 4.12. The van der Waals surface area contributed by atoms with Gasteiger partial charge in [0.2, 0.25) is 5.89 Å². The Morgan fingerprint density at radius 1 is 1.14 bits per heavy atom. The molecule has 0 saturated heterocycles. The molecule has 0 aliphatic rings. The van der Waals surface area contributed by atoms with Crippen LogP contribution in [0.2, 0.25) is 0 Å². The molecular formula is C21H24FIN4O. The maximum absolute atomic E-state index is 13.2. The normalized spacial score (nSPS) is 11.0. The van der Waals surface area contributed by atoms with E-state index < -0.39 is 0 Å². The molecule has 0 aliphatic heterocycles. The molecule has 0 radical (unpaired) electrons. The lowest BCUT2D eigenvalue weighted by Crippen LogP contribution is -2.37. The van der Waals surface area contributed by atoms with Gasteiger partial charge >= 0.3 is 0 Å². The van der Waals surface area contributed by atoms with Crippen molar-refractivity contribution in [1.82, 2.24) is 15.6 Å². The molecule has 28 heavy (non-hydrogen) atoms. The lowest BCUT2D eigenvalue weighted by molar-refractivity contribution is 0.497. The zero-order chi connectivity index (χ0) is 19.1. The van der Waals surface area contributed by atoms with Crippen LogP contribution in [0.15, 0.2) is 64.1 Å². The Bertz CT molecular complexity index is 909. The standard InChI is InChI=1S/C21H23FN4O.HI/c1-15-6-8-17(9-7-15)19-13-25-20(27-19)14-26-21(23-2)24-11-10-16-4-3-5-18(22)12-16;/h3-9,12-13H,10-11,14H2,1-2H3,(H2,23,24,26);1H. The van der Waals surface area contributed by atoms with Crippen molar-refractivity contribution in [3.63, 3.8) is 0 Å². The minimum atomic E-state index is -0.219. The van der Waals surface area contributed by atoms with Crippen LogP contribution in [0.4, 0.5) is 4.39 Å². The highest BCUT2D eigenvalue weighted by Crippen LogP contribution is 2.20. The molecule has 0 atom stereocenters. The molecule has 2 aromatic carbocycles. The first kappa shape index (κ1) is 21.9. The van der Waals surface area contributed by atoms with E-state index in [1.54, 1.807) is 19.3 Å². The number of nitrogens with zero attached hydrogens (tertiary/aromatic N) is 2. The Morgan fingerprint density at radius 2 is 1.93 bits per heavy atom. The van der Waals surface area contributed by atoms with Crippen molar-refractivity contribution < 1.29 is 8.81 Å². The molecule has 0 saturated carbocycles. The second kappa shape index (κ2) is 10.8. The molecular weight excluding hydrogens is 470 g/mol. The summed E-state index contributed by atoms with van der Waals surface area (Å²) >= 11 is 0. The predicted octanol–water partition coefficient (Wildman–Crippen LogP) is 4.31. The quantitative estimate of drug-likeness (QED) is 0.305. The lowest BCUT2D eigenvalue weighted by atomic mass is 10.1. The smallest absolute Gasteiger partial charge is 0.214 e. The van der Waals surface area contributed by atoms with Gasteiger partial charge in [-0.05, 0) is 31.0 Å². The highest BCUT2D eigenvalue weighted by molar-refractivity contribution is 14.0. The summed E-state index contributed by atoms with van der Waals surface area (Å²) in [7, 11) is 1.70. The Balaban J connectivity index is 0.00000280. The van der Waals surface area contributed by atoms with Crippen molar-refractivity contribution in [2.45, 2.75) is 19.9 Å². The molecule has 1 aromatic heterocycles. The maximum Gasteiger partial charge on any atom is 0.214 e. The molecule has 0 amide bonds. The second-order valence-electron chi connectivity index (χ2n) is 6.22. The molecule has 3 rings (SSSR count). The van der Waals surface area contributed by atoms with Gasteiger partial charge in [-0.15, -0.1) is 24.0 Å². The topological polar surface area (TPSA) is 62.5 Å². The molecule has 148 valence electrons. The summed E-state index contributed by atoms with van der Waals surface area (Å²) in [5, 5.41) is 6.37. The molecule has 5 nitrogen and oxygen atoms in total. The second-order valence-corrected chi connectivity index (χ2v) is 6.22. The molecule has 0 spiro atoms. The first-order valence-electron chi connectivity index (χ1n) is 8.85. The van der Waals surface area contributed by atoms with Gasteiger partial charge in [0.05, 0.1) is 12.7 Å². The molecule has 0 aliphatic carbocycles. The summed E-state index contributed by atoms with van der Waals surface area (Å²) in [4.78, 5) is 8.48. The van der Waals surface area contributed by atoms with Crippen molar-refractivity contribution >= 4 is 29.9 Å². The SMILES string of the molecule is CN=C(NCCc1cccc(F)c1)NCc1ncc(-c2ccc(C)cc2)o1.I. The molecule has 7 heteroatoms. The number of guanidine groups is 1. The van der Waals surface area contributed by atoms with E-state index in [9.17, 15) is 4.39 Å². The van der Waals surface area contributed by atoms with Crippen LogP contribution in [0.3, 0.4) is 0 Å². The number of aryl methyl sites for hydroxylation is 1. The van der Waals surface area contributed by atoms with Crippen molar-refractivity contribution in [2.24, 2.45) is 4.99 Å². The van der Waals surface area contributed by atoms with Crippen molar-refractivity contribution in [2.75, 3.05) is 13.6 Å². The molecule has 1 heterocycles. The number of aromatic nitrogens is 1. The van der Waals surface area contributed by atoms with Gasteiger partial charge in [-0.1, -0.05) is 42.0 Å². The minimum Gasteiger partial charge on any atom is -0.439 e. The zero-order valence-corrected chi connectivity index (χ0v) is 18.2. The van der Waals surface area contributed by atoms with E-state index in [0.717, 1.165) is 16.9 Å². The van der Waals surface area contributed by atoms with Crippen LogP contribution in [-0.2, 0) is 13.0 Å². The van der Waals surface area contributed by atoms with E-state index in [-0.39, 0.29) is 29.8 Å². The Hall–Kier alpha value is -2.42. The van der Waals surface area contributed by atoms with Gasteiger partial charge in [0.25, 0.3) is 0 Å². The number of oxazole rings is 1. The van der Waals surface area contributed by atoms with Crippen LogP contribution in [0.5, 0.6) is 0 Å². The van der Waals surface area contributed by atoms with E-state index in [4.69, 9.17) is 4.42 Å². The number of hydrogen-bond donors (Lipinski definition) is 2. The Kier molecular flexibility index (Phi) is 8.43. The zero-order valence-electron chi connectivity index (χ0n) is 15.9. The monoisotopic (exact) mass is 494 g/mol. The number of rotatable bonds is 6. The van der Waals surface area contributed by atoms with E-state index in [2.05, 4.69) is 20.6 Å². The molecule has 0 bridgehead atoms. The summed E-state index contributed by atoms with van der Waals surface area (Å²) in [6, 6.07) is 14.7. The number of benzene rings is 2. The lowest BCUT2D eigenvalue weighted by Gasteiger charge is -2.10. The van der Waals surface area contributed by atoms with E-state index >= 15 is 0 Å². The molecule has 0 fully saturated rings.